The van der Waals surface area contributed by atoms with Crippen LogP contribution in [0.15, 0.2) is 91.0 Å². The van der Waals surface area contributed by atoms with Gasteiger partial charge in [-0.05, 0) is 16.7 Å². The highest BCUT2D eigenvalue weighted by atomic mass is 16.8. The number of hydrogen-bond acceptors (Lipinski definition) is 16. The van der Waals surface area contributed by atoms with Crippen LogP contribution in [0, 0.1) is 0 Å². The number of rotatable bonds is 19. The van der Waals surface area contributed by atoms with Crippen molar-refractivity contribution in [1.29, 1.82) is 0 Å². The largest absolute Gasteiger partial charge is 0.456 e. The van der Waals surface area contributed by atoms with Crippen molar-refractivity contribution in [3.05, 3.63) is 108 Å². The average Bonchev–Trinajstić information content (AvgIpc) is 3.44. The number of ether oxygens (including phenoxy) is 11. The molecule has 318 valence electrons. The van der Waals surface area contributed by atoms with Crippen molar-refractivity contribution in [3.8, 4) is 0 Å². The molecule has 16 heteroatoms. The molecule has 0 radical (unpaired) electrons. The molecule has 0 unspecified atom stereocenters. The minimum Gasteiger partial charge on any atom is -0.456 e. The van der Waals surface area contributed by atoms with E-state index < -0.39 is 91.3 Å². The van der Waals surface area contributed by atoms with Crippen molar-refractivity contribution in [3.63, 3.8) is 0 Å². The van der Waals surface area contributed by atoms with Crippen LogP contribution in [-0.4, -0.2) is 104 Å². The van der Waals surface area contributed by atoms with E-state index in [0.29, 0.717) is 0 Å². The molecular weight excluding hydrogens is 772 g/mol. The summed E-state index contributed by atoms with van der Waals surface area (Å²) in [6, 6.07) is 27.7. The lowest BCUT2D eigenvalue weighted by atomic mass is 9.97. The topological polar surface area (TPSA) is 187 Å². The molecule has 2 aliphatic heterocycles. The molecular formula is C43H50O16. The number of esters is 5. The molecule has 5 rings (SSSR count). The molecule has 0 aliphatic carbocycles. The Balaban J connectivity index is 1.56. The van der Waals surface area contributed by atoms with Gasteiger partial charge in [-0.1, -0.05) is 91.0 Å². The summed E-state index contributed by atoms with van der Waals surface area (Å²) in [5, 5.41) is 0. The highest BCUT2D eigenvalue weighted by Crippen LogP contribution is 2.41. The lowest BCUT2D eigenvalue weighted by molar-refractivity contribution is -0.387. The van der Waals surface area contributed by atoms with E-state index in [1.54, 1.807) is 0 Å². The molecule has 0 bridgehead atoms. The maximum atomic E-state index is 12.9. The Kier molecular flexibility index (Phi) is 16.5. The van der Waals surface area contributed by atoms with Crippen LogP contribution in [0.5, 0.6) is 0 Å². The van der Waals surface area contributed by atoms with Crippen LogP contribution in [-0.2, 0) is 95.9 Å². The lowest BCUT2D eigenvalue weighted by Crippen LogP contribution is -2.65. The van der Waals surface area contributed by atoms with Gasteiger partial charge in [-0.2, -0.15) is 0 Å². The molecule has 0 N–H and O–H groups in total. The van der Waals surface area contributed by atoms with Crippen LogP contribution >= 0.6 is 0 Å². The third kappa shape index (κ3) is 13.1. The number of benzene rings is 3. The molecule has 3 aromatic carbocycles. The van der Waals surface area contributed by atoms with Gasteiger partial charge in [0.15, 0.2) is 30.5 Å². The molecule has 2 heterocycles. The first-order chi connectivity index (χ1) is 28.3. The maximum Gasteiger partial charge on any atom is 0.303 e. The second-order valence-corrected chi connectivity index (χ2v) is 13.9. The highest BCUT2D eigenvalue weighted by Gasteiger charge is 2.64. The van der Waals surface area contributed by atoms with Crippen LogP contribution in [0.2, 0.25) is 0 Å². The number of hydrogen-bond donors (Lipinski definition) is 0. The monoisotopic (exact) mass is 822 g/mol. The van der Waals surface area contributed by atoms with Gasteiger partial charge in [0.25, 0.3) is 0 Å². The third-order valence-corrected chi connectivity index (χ3v) is 9.06. The summed E-state index contributed by atoms with van der Waals surface area (Å²) in [6.07, 6.45) is -11.5. The van der Waals surface area contributed by atoms with E-state index in [1.165, 1.54) is 6.92 Å². The summed E-state index contributed by atoms with van der Waals surface area (Å²) < 4.78 is 66.7. The van der Waals surface area contributed by atoms with Crippen LogP contribution in [0.1, 0.15) is 51.3 Å². The molecule has 2 aliphatic rings. The molecule has 2 saturated heterocycles. The van der Waals surface area contributed by atoms with Crippen molar-refractivity contribution in [2.24, 2.45) is 0 Å². The Morgan fingerprint density at radius 3 is 1.37 bits per heavy atom. The molecule has 2 fully saturated rings. The van der Waals surface area contributed by atoms with E-state index in [4.69, 9.17) is 52.1 Å². The van der Waals surface area contributed by atoms with Gasteiger partial charge in [-0.3, -0.25) is 24.0 Å². The normalized spacial score (nSPS) is 26.3. The van der Waals surface area contributed by atoms with E-state index in [0.717, 1.165) is 44.4 Å². The summed E-state index contributed by atoms with van der Waals surface area (Å²) in [5.41, 5.74) is 2.44. The van der Waals surface area contributed by atoms with Gasteiger partial charge < -0.3 is 52.1 Å². The SMILES string of the molecule is CC(=O)O[C@@H]1[C@@H](OC(C)=O)[C@@H](O[C@]2(COCc3ccccc3)O[C@H](COCc3ccccc3)[C@@H](OC(C)=O)[C@@H]2OC(C)=O)O[C@H](COCc2ccccc2)[C@H]1OC(C)=O. The van der Waals surface area contributed by atoms with Gasteiger partial charge in [0, 0.05) is 34.6 Å². The maximum absolute atomic E-state index is 12.9. The average molecular weight is 823 g/mol. The van der Waals surface area contributed by atoms with E-state index >= 15 is 0 Å². The zero-order chi connectivity index (χ0) is 42.4. The first kappa shape index (κ1) is 44.9. The van der Waals surface area contributed by atoms with Crippen LogP contribution in [0.3, 0.4) is 0 Å². The van der Waals surface area contributed by atoms with E-state index in [1.807, 2.05) is 91.0 Å². The predicted octanol–water partition coefficient (Wildman–Crippen LogP) is 4.13. The second-order valence-electron chi connectivity index (χ2n) is 13.9. The Morgan fingerprint density at radius 1 is 0.492 bits per heavy atom. The minimum atomic E-state index is -2.19. The Bertz CT molecular complexity index is 1820. The second kappa shape index (κ2) is 21.7. The fraction of sp³-hybridized carbons (Fsp3) is 0.465. The van der Waals surface area contributed by atoms with Crippen LogP contribution < -0.4 is 0 Å². The van der Waals surface area contributed by atoms with Gasteiger partial charge in [0.1, 0.15) is 18.8 Å². The summed E-state index contributed by atoms with van der Waals surface area (Å²) in [6.45, 7) is 5.10. The van der Waals surface area contributed by atoms with E-state index in [2.05, 4.69) is 0 Å². The zero-order valence-corrected chi connectivity index (χ0v) is 33.6. The molecule has 59 heavy (non-hydrogen) atoms. The van der Waals surface area contributed by atoms with Crippen LogP contribution in [0.25, 0.3) is 0 Å². The summed E-state index contributed by atoms with van der Waals surface area (Å²) >= 11 is 0. The molecule has 3 aromatic rings. The predicted molar refractivity (Wildman–Crippen MR) is 203 cm³/mol. The first-order valence-corrected chi connectivity index (χ1v) is 19.1. The Hall–Kier alpha value is -5.23. The molecule has 9 atom stereocenters. The van der Waals surface area contributed by atoms with Crippen molar-refractivity contribution < 1.29 is 76.1 Å². The van der Waals surface area contributed by atoms with Gasteiger partial charge >= 0.3 is 29.8 Å². The first-order valence-electron chi connectivity index (χ1n) is 19.1. The van der Waals surface area contributed by atoms with E-state index in [9.17, 15) is 24.0 Å². The van der Waals surface area contributed by atoms with Crippen molar-refractivity contribution >= 4 is 29.8 Å². The van der Waals surface area contributed by atoms with Gasteiger partial charge in [0.05, 0.1) is 33.0 Å². The van der Waals surface area contributed by atoms with Crippen molar-refractivity contribution in [2.45, 2.75) is 109 Å². The fourth-order valence-electron chi connectivity index (χ4n) is 6.77. The minimum absolute atomic E-state index is 0.0228. The van der Waals surface area contributed by atoms with Gasteiger partial charge in [0.2, 0.25) is 12.1 Å². The summed E-state index contributed by atoms with van der Waals surface area (Å²) in [5.74, 6) is -6.12. The van der Waals surface area contributed by atoms with Gasteiger partial charge in [-0.25, -0.2) is 0 Å². The Morgan fingerprint density at radius 2 is 0.898 bits per heavy atom. The fourth-order valence-corrected chi connectivity index (χ4v) is 6.77. The molecule has 0 saturated carbocycles. The standard InChI is InChI=1S/C43H50O16/c1-27(44)52-37-35(24-49-21-32-15-9-6-10-16-32)57-42(40(55-30(4)47)39(37)54-29(3)46)59-43(26-51-23-34-19-13-8-14-20-34)41(56-31(5)48)38(53-28(2)45)36(58-43)25-50-22-33-17-11-7-12-18-33/h6-20,35-42H,21-26H2,1-5H3/t35-,36-,37-,38-,39+,40-,41+,42-,43+/m1/s1. The highest BCUT2D eigenvalue weighted by molar-refractivity contribution is 5.69. The summed E-state index contributed by atoms with van der Waals surface area (Å²) in [4.78, 5) is 63.4. The molecule has 0 aromatic heterocycles. The van der Waals surface area contributed by atoms with Crippen molar-refractivity contribution in [2.75, 3.05) is 19.8 Å². The van der Waals surface area contributed by atoms with E-state index in [-0.39, 0.29) is 33.0 Å². The number of carbonyl (C=O) groups excluding carboxylic acids is 5. The molecule has 16 nitrogen and oxygen atoms in total. The summed E-state index contributed by atoms with van der Waals surface area (Å²) in [7, 11) is 0. The quantitative estimate of drug-likeness (QED) is 0.124. The number of carbonyl (C=O) groups is 5. The van der Waals surface area contributed by atoms with Gasteiger partial charge in [-0.15, -0.1) is 0 Å². The molecule has 0 amide bonds. The lowest BCUT2D eigenvalue weighted by Gasteiger charge is -2.46. The third-order valence-electron chi connectivity index (χ3n) is 9.06. The smallest absolute Gasteiger partial charge is 0.303 e. The molecule has 0 spiro atoms. The Labute approximate surface area is 342 Å². The van der Waals surface area contributed by atoms with Crippen LogP contribution in [0.4, 0.5) is 0 Å². The zero-order valence-electron chi connectivity index (χ0n) is 33.6. The van der Waals surface area contributed by atoms with Crippen molar-refractivity contribution in [1.82, 2.24) is 0 Å².